The number of thiophene rings is 1. The van der Waals surface area contributed by atoms with E-state index in [9.17, 15) is 14.9 Å². The normalized spacial score (nSPS) is 13.8. The molecular formula is C18H13N5O3S. The first-order valence-corrected chi connectivity index (χ1v) is 9.39. The van der Waals surface area contributed by atoms with Crippen LogP contribution in [0.5, 0.6) is 0 Å². The molecule has 9 heteroatoms. The van der Waals surface area contributed by atoms with Crippen molar-refractivity contribution in [3.63, 3.8) is 0 Å². The quantitative estimate of drug-likeness (QED) is 0.422. The molecule has 1 aliphatic carbocycles. The molecule has 4 aromatic rings. The number of benzene rings is 1. The van der Waals surface area contributed by atoms with Crippen molar-refractivity contribution in [3.05, 3.63) is 56.0 Å². The first kappa shape index (κ1) is 16.0. The molecule has 8 nitrogen and oxygen atoms in total. The zero-order valence-corrected chi connectivity index (χ0v) is 14.9. The van der Waals surface area contributed by atoms with Gasteiger partial charge < -0.3 is 0 Å². The minimum Gasteiger partial charge on any atom is -0.266 e. The Morgan fingerprint density at radius 2 is 1.93 bits per heavy atom. The van der Waals surface area contributed by atoms with Gasteiger partial charge in [0.1, 0.15) is 15.0 Å². The van der Waals surface area contributed by atoms with Crippen LogP contribution in [0.2, 0.25) is 0 Å². The summed E-state index contributed by atoms with van der Waals surface area (Å²) >= 11 is 1.31. The highest BCUT2D eigenvalue weighted by Gasteiger charge is 2.24. The van der Waals surface area contributed by atoms with Gasteiger partial charge in [0.2, 0.25) is 0 Å². The van der Waals surface area contributed by atoms with Crippen molar-refractivity contribution in [1.82, 2.24) is 20.4 Å². The molecule has 0 bridgehead atoms. The fraction of sp³-hybridized carbons (Fsp3) is 0.222. The Morgan fingerprint density at radius 1 is 1.15 bits per heavy atom. The number of fused-ring (bicyclic) bond motifs is 4. The van der Waals surface area contributed by atoms with Crippen LogP contribution in [-0.2, 0) is 12.8 Å². The van der Waals surface area contributed by atoms with Crippen LogP contribution in [0.1, 0.15) is 24.1 Å². The topological polar surface area (TPSA) is 115 Å². The molecule has 0 atom stereocenters. The summed E-state index contributed by atoms with van der Waals surface area (Å²) in [4.78, 5) is 28.4. The fourth-order valence-electron chi connectivity index (χ4n) is 3.76. The molecule has 3 aromatic heterocycles. The zero-order valence-electron chi connectivity index (χ0n) is 14.1. The Hall–Kier alpha value is -3.20. The van der Waals surface area contributed by atoms with Gasteiger partial charge in [0.25, 0.3) is 11.2 Å². The van der Waals surface area contributed by atoms with Crippen LogP contribution in [0.25, 0.3) is 31.6 Å². The van der Waals surface area contributed by atoms with Crippen LogP contribution in [0, 0.1) is 10.1 Å². The van der Waals surface area contributed by atoms with Crippen molar-refractivity contribution in [1.29, 1.82) is 0 Å². The van der Waals surface area contributed by atoms with Gasteiger partial charge in [-0.15, -0.1) is 16.4 Å². The van der Waals surface area contributed by atoms with Gasteiger partial charge in [-0.05, 0) is 54.5 Å². The number of aromatic nitrogens is 4. The Morgan fingerprint density at radius 3 is 2.70 bits per heavy atom. The van der Waals surface area contributed by atoms with Gasteiger partial charge >= 0.3 is 0 Å². The van der Waals surface area contributed by atoms with E-state index >= 15 is 0 Å². The third-order valence-corrected chi connectivity index (χ3v) is 6.04. The Balaban J connectivity index is 1.90. The SMILES string of the molecule is O=c1[nH]nnc2c1sc1nc3c(c(-c4ccc([N+](=O)[O-])cc4)c12)CCCC3. The summed E-state index contributed by atoms with van der Waals surface area (Å²) in [7, 11) is 0. The Kier molecular flexibility index (Phi) is 3.51. The fourth-order valence-corrected chi connectivity index (χ4v) is 4.79. The average molecular weight is 379 g/mol. The van der Waals surface area contributed by atoms with Crippen molar-refractivity contribution in [2.24, 2.45) is 0 Å². The molecule has 0 aliphatic heterocycles. The zero-order chi connectivity index (χ0) is 18.5. The molecule has 3 heterocycles. The molecule has 0 radical (unpaired) electrons. The molecule has 1 aromatic carbocycles. The molecule has 1 N–H and O–H groups in total. The monoisotopic (exact) mass is 379 g/mol. The van der Waals surface area contributed by atoms with Crippen LogP contribution in [0.3, 0.4) is 0 Å². The lowest BCUT2D eigenvalue weighted by Gasteiger charge is -2.19. The van der Waals surface area contributed by atoms with Crippen molar-refractivity contribution in [2.75, 3.05) is 0 Å². The number of non-ortho nitro benzene ring substituents is 1. The Labute approximate surface area is 156 Å². The van der Waals surface area contributed by atoms with Crippen LogP contribution < -0.4 is 5.56 Å². The summed E-state index contributed by atoms with van der Waals surface area (Å²) < 4.78 is 0.498. The highest BCUT2D eigenvalue weighted by atomic mass is 32.1. The number of hydrogen-bond donors (Lipinski definition) is 1. The molecule has 0 spiro atoms. The number of nitrogens with one attached hydrogen (secondary N) is 1. The van der Waals surface area contributed by atoms with Gasteiger partial charge in [-0.25, -0.2) is 10.1 Å². The number of aryl methyl sites for hydroxylation is 1. The average Bonchev–Trinajstić information content (AvgIpc) is 3.06. The number of hydrogen-bond acceptors (Lipinski definition) is 7. The lowest BCUT2D eigenvalue weighted by molar-refractivity contribution is -0.384. The third kappa shape index (κ3) is 2.42. The summed E-state index contributed by atoms with van der Waals surface area (Å²) in [6.07, 6.45) is 3.92. The predicted octanol–water partition coefficient (Wildman–Crippen LogP) is 3.38. The maximum absolute atomic E-state index is 12.2. The van der Waals surface area contributed by atoms with Gasteiger partial charge in [0.05, 0.1) is 4.92 Å². The maximum atomic E-state index is 12.2. The summed E-state index contributed by atoms with van der Waals surface area (Å²) in [6, 6.07) is 6.52. The maximum Gasteiger partial charge on any atom is 0.285 e. The van der Waals surface area contributed by atoms with E-state index in [-0.39, 0.29) is 11.2 Å². The van der Waals surface area contributed by atoms with Crippen LogP contribution >= 0.6 is 11.3 Å². The minimum absolute atomic E-state index is 0.0457. The summed E-state index contributed by atoms with van der Waals surface area (Å²) in [5.74, 6) is 0. The van der Waals surface area contributed by atoms with Crippen molar-refractivity contribution >= 4 is 37.5 Å². The lowest BCUT2D eigenvalue weighted by atomic mass is 9.87. The van der Waals surface area contributed by atoms with E-state index in [0.717, 1.165) is 58.3 Å². The van der Waals surface area contributed by atoms with Crippen LogP contribution in [0.4, 0.5) is 5.69 Å². The van der Waals surface area contributed by atoms with Gasteiger partial charge in [0, 0.05) is 23.2 Å². The standard InChI is InChI=1S/C18H13N5O3S/c24-17-16-15(20-22-21-17)14-13(9-5-7-10(8-6-9)23(25)26)11-3-1-2-4-12(11)19-18(14)27-16/h5-8H,1-4H2,(H,20,21,24). The van der Waals surface area contributed by atoms with Crippen molar-refractivity contribution in [2.45, 2.75) is 25.7 Å². The summed E-state index contributed by atoms with van der Waals surface area (Å²) in [5, 5.41) is 22.1. The highest BCUT2D eigenvalue weighted by Crippen LogP contribution is 2.42. The first-order chi connectivity index (χ1) is 13.1. The van der Waals surface area contributed by atoms with Crippen molar-refractivity contribution < 1.29 is 4.92 Å². The molecule has 0 unspecified atom stereocenters. The van der Waals surface area contributed by atoms with E-state index < -0.39 is 4.92 Å². The second-order valence-electron chi connectivity index (χ2n) is 6.52. The minimum atomic E-state index is -0.410. The molecule has 134 valence electrons. The number of nitro benzene ring substituents is 1. The van der Waals surface area contributed by atoms with Gasteiger partial charge in [-0.3, -0.25) is 14.9 Å². The predicted molar refractivity (Wildman–Crippen MR) is 102 cm³/mol. The number of nitro groups is 1. The van der Waals surface area contributed by atoms with E-state index in [1.807, 2.05) is 0 Å². The lowest BCUT2D eigenvalue weighted by Crippen LogP contribution is -2.08. The molecule has 0 saturated heterocycles. The largest absolute Gasteiger partial charge is 0.285 e. The molecule has 5 rings (SSSR count). The van der Waals surface area contributed by atoms with E-state index in [0.29, 0.717) is 10.2 Å². The number of nitrogens with zero attached hydrogens (tertiary/aromatic N) is 4. The molecule has 0 saturated carbocycles. The number of rotatable bonds is 2. The van der Waals surface area contributed by atoms with Gasteiger partial charge in [-0.1, -0.05) is 5.21 Å². The van der Waals surface area contributed by atoms with Crippen molar-refractivity contribution in [3.8, 4) is 11.1 Å². The highest BCUT2D eigenvalue weighted by molar-refractivity contribution is 7.25. The van der Waals surface area contributed by atoms with E-state index in [2.05, 4.69) is 15.4 Å². The smallest absolute Gasteiger partial charge is 0.266 e. The first-order valence-electron chi connectivity index (χ1n) is 8.57. The van der Waals surface area contributed by atoms with Gasteiger partial charge in [-0.2, -0.15) is 0 Å². The molecule has 0 fully saturated rings. The number of pyridine rings is 1. The second kappa shape index (κ2) is 5.92. The van der Waals surface area contributed by atoms with E-state index in [4.69, 9.17) is 4.98 Å². The second-order valence-corrected chi connectivity index (χ2v) is 7.52. The molecule has 27 heavy (non-hydrogen) atoms. The Bertz CT molecular complexity index is 1280. The van der Waals surface area contributed by atoms with E-state index in [1.165, 1.54) is 23.5 Å². The van der Waals surface area contributed by atoms with E-state index in [1.54, 1.807) is 12.1 Å². The number of H-pyrrole nitrogens is 1. The van der Waals surface area contributed by atoms with Gasteiger partial charge in [0.15, 0.2) is 0 Å². The molecular weight excluding hydrogens is 366 g/mol. The number of aromatic amines is 1. The molecule has 1 aliphatic rings. The van der Waals surface area contributed by atoms with Crippen LogP contribution in [0.15, 0.2) is 29.1 Å². The molecule has 0 amide bonds. The summed E-state index contributed by atoms with van der Waals surface area (Å²) in [5.41, 5.74) is 4.32. The van der Waals surface area contributed by atoms with Crippen LogP contribution in [-0.4, -0.2) is 25.3 Å². The summed E-state index contributed by atoms with van der Waals surface area (Å²) in [6.45, 7) is 0. The third-order valence-electron chi connectivity index (χ3n) is 4.97.